The van der Waals surface area contributed by atoms with Crippen molar-refractivity contribution in [3.05, 3.63) is 46.5 Å². The summed E-state index contributed by atoms with van der Waals surface area (Å²) in [6.45, 7) is 5.85. The molecule has 0 aliphatic rings. The van der Waals surface area contributed by atoms with Gasteiger partial charge in [-0.1, -0.05) is 50.0 Å². The van der Waals surface area contributed by atoms with Crippen LogP contribution in [-0.4, -0.2) is 26.0 Å². The van der Waals surface area contributed by atoms with Gasteiger partial charge in [0.05, 0.1) is 5.70 Å². The first-order valence-corrected chi connectivity index (χ1v) is 7.24. The van der Waals surface area contributed by atoms with Crippen molar-refractivity contribution in [2.45, 2.75) is 26.9 Å². The summed E-state index contributed by atoms with van der Waals surface area (Å²) in [6.07, 6.45) is 4.03. The Balaban J connectivity index is 2.52. The van der Waals surface area contributed by atoms with Crippen LogP contribution in [0.1, 0.15) is 26.3 Å². The molecular weight excluding hydrogens is 309 g/mol. The molecule has 1 aromatic heterocycles. The van der Waals surface area contributed by atoms with E-state index < -0.39 is 6.10 Å². The van der Waals surface area contributed by atoms with Crippen molar-refractivity contribution in [1.29, 1.82) is 0 Å². The molecule has 0 radical (unpaired) electrons. The van der Waals surface area contributed by atoms with E-state index in [-0.39, 0.29) is 5.41 Å². The molecule has 6 heteroatoms. The van der Waals surface area contributed by atoms with Gasteiger partial charge in [0.15, 0.2) is 0 Å². The molecule has 2 aromatic rings. The highest BCUT2D eigenvalue weighted by Gasteiger charge is 2.27. The number of hydrogen-bond acceptors (Lipinski definition) is 3. The van der Waals surface area contributed by atoms with E-state index in [1.165, 1.54) is 6.33 Å². The summed E-state index contributed by atoms with van der Waals surface area (Å²) < 4.78 is 1.54. The smallest absolute Gasteiger partial charge is 0.138 e. The topological polar surface area (TPSA) is 50.9 Å². The predicted molar refractivity (Wildman–Crippen MR) is 86.1 cm³/mol. The first kappa shape index (κ1) is 16.0. The van der Waals surface area contributed by atoms with E-state index in [0.717, 1.165) is 5.56 Å². The lowest BCUT2D eigenvalue weighted by Gasteiger charge is -2.28. The van der Waals surface area contributed by atoms with Crippen LogP contribution in [0.2, 0.25) is 10.0 Å². The minimum Gasteiger partial charge on any atom is -0.386 e. The monoisotopic (exact) mass is 325 g/mol. The Labute approximate surface area is 134 Å². The zero-order valence-corrected chi connectivity index (χ0v) is 13.6. The minimum atomic E-state index is -0.731. The maximum absolute atomic E-state index is 10.6. The molecule has 2 rings (SSSR count). The van der Waals surface area contributed by atoms with Gasteiger partial charge in [0.25, 0.3) is 0 Å². The van der Waals surface area contributed by atoms with Crippen LogP contribution in [0.5, 0.6) is 0 Å². The molecule has 21 heavy (non-hydrogen) atoms. The van der Waals surface area contributed by atoms with Crippen LogP contribution in [-0.2, 0) is 0 Å². The molecule has 0 amide bonds. The maximum atomic E-state index is 10.6. The fourth-order valence-electron chi connectivity index (χ4n) is 1.83. The number of nitrogens with zero attached hydrogens (tertiary/aromatic N) is 3. The number of hydrogen-bond donors (Lipinski definition) is 1. The zero-order valence-electron chi connectivity index (χ0n) is 12.1. The standard InChI is InChI=1S/C15H17Cl2N3O/c1-15(2,3)14(21)13(20-9-18-8-19-20)6-10-4-5-11(16)7-12(10)17/h4-9,14,21H,1-3H3/t14-/m1/s1. The van der Waals surface area contributed by atoms with Crippen LogP contribution in [0.15, 0.2) is 30.9 Å². The Hall–Kier alpha value is -1.36. The second-order valence-electron chi connectivity index (χ2n) is 5.84. The Kier molecular flexibility index (Phi) is 4.71. The van der Waals surface area contributed by atoms with Crippen LogP contribution >= 0.6 is 23.2 Å². The molecule has 112 valence electrons. The molecule has 1 atom stereocenters. The third-order valence-electron chi connectivity index (χ3n) is 3.05. The molecule has 0 saturated carbocycles. The fourth-order valence-corrected chi connectivity index (χ4v) is 2.30. The highest BCUT2D eigenvalue weighted by atomic mass is 35.5. The van der Waals surface area contributed by atoms with E-state index in [0.29, 0.717) is 15.7 Å². The summed E-state index contributed by atoms with van der Waals surface area (Å²) in [6, 6.07) is 5.22. The van der Waals surface area contributed by atoms with E-state index >= 15 is 0 Å². The second kappa shape index (κ2) is 6.18. The van der Waals surface area contributed by atoms with Gasteiger partial charge in [0.1, 0.15) is 18.8 Å². The molecule has 1 N–H and O–H groups in total. The third kappa shape index (κ3) is 3.84. The molecular formula is C15H17Cl2N3O. The maximum Gasteiger partial charge on any atom is 0.138 e. The Bertz CT molecular complexity index is 645. The zero-order chi connectivity index (χ0) is 15.6. The summed E-state index contributed by atoms with van der Waals surface area (Å²) >= 11 is 12.1. The van der Waals surface area contributed by atoms with Crippen LogP contribution in [0.25, 0.3) is 11.8 Å². The number of benzene rings is 1. The summed E-state index contributed by atoms with van der Waals surface area (Å²) in [5.41, 5.74) is 1.01. The Morgan fingerprint density at radius 1 is 1.33 bits per heavy atom. The van der Waals surface area contributed by atoms with Gasteiger partial charge < -0.3 is 5.11 Å². The van der Waals surface area contributed by atoms with E-state index in [4.69, 9.17) is 23.2 Å². The van der Waals surface area contributed by atoms with Gasteiger partial charge in [0, 0.05) is 10.0 Å². The molecule has 0 saturated heterocycles. The lowest BCUT2D eigenvalue weighted by Crippen LogP contribution is -2.29. The highest BCUT2D eigenvalue weighted by Crippen LogP contribution is 2.30. The average molecular weight is 326 g/mol. The van der Waals surface area contributed by atoms with E-state index in [9.17, 15) is 5.11 Å². The molecule has 0 bridgehead atoms. The third-order valence-corrected chi connectivity index (χ3v) is 3.61. The molecule has 4 nitrogen and oxygen atoms in total. The van der Waals surface area contributed by atoms with E-state index in [2.05, 4.69) is 10.1 Å². The summed E-state index contributed by atoms with van der Waals surface area (Å²) in [7, 11) is 0. The SMILES string of the molecule is CC(C)(C)[C@H](O)C(=Cc1ccc(Cl)cc1Cl)n1cncn1. The first-order chi connectivity index (χ1) is 9.79. The molecule has 0 aliphatic carbocycles. The van der Waals surface area contributed by atoms with E-state index in [1.54, 1.807) is 35.3 Å². The predicted octanol–water partition coefficient (Wildman–Crippen LogP) is 3.99. The Morgan fingerprint density at radius 2 is 2.05 bits per heavy atom. The second-order valence-corrected chi connectivity index (χ2v) is 6.69. The summed E-state index contributed by atoms with van der Waals surface area (Å²) in [5.74, 6) is 0. The van der Waals surface area contributed by atoms with Gasteiger partial charge in [-0.25, -0.2) is 9.67 Å². The normalized spacial score (nSPS) is 14.3. The minimum absolute atomic E-state index is 0.351. The highest BCUT2D eigenvalue weighted by molar-refractivity contribution is 6.35. The van der Waals surface area contributed by atoms with E-state index in [1.807, 2.05) is 20.8 Å². The van der Waals surface area contributed by atoms with Gasteiger partial charge in [-0.3, -0.25) is 0 Å². The molecule has 1 aromatic carbocycles. The van der Waals surface area contributed by atoms with Crippen molar-refractivity contribution in [2.75, 3.05) is 0 Å². The number of aromatic nitrogens is 3. The lowest BCUT2D eigenvalue weighted by molar-refractivity contribution is 0.109. The van der Waals surface area contributed by atoms with Crippen molar-refractivity contribution >= 4 is 35.0 Å². The molecule has 0 unspecified atom stereocenters. The van der Waals surface area contributed by atoms with Crippen LogP contribution in [0.3, 0.4) is 0 Å². The van der Waals surface area contributed by atoms with Crippen molar-refractivity contribution in [3.63, 3.8) is 0 Å². The van der Waals surface area contributed by atoms with Gasteiger partial charge in [0.2, 0.25) is 0 Å². The molecule has 0 spiro atoms. The average Bonchev–Trinajstić information content (AvgIpc) is 2.90. The van der Waals surface area contributed by atoms with Crippen molar-refractivity contribution in [3.8, 4) is 0 Å². The van der Waals surface area contributed by atoms with Crippen molar-refractivity contribution in [1.82, 2.24) is 14.8 Å². The van der Waals surface area contributed by atoms with Gasteiger partial charge >= 0.3 is 0 Å². The number of rotatable bonds is 3. The van der Waals surface area contributed by atoms with Crippen LogP contribution in [0, 0.1) is 5.41 Å². The summed E-state index contributed by atoms with van der Waals surface area (Å²) in [5, 5.41) is 15.8. The fraction of sp³-hybridized carbons (Fsp3) is 0.333. The number of halogens is 2. The van der Waals surface area contributed by atoms with Crippen molar-refractivity contribution < 1.29 is 5.11 Å². The summed E-state index contributed by atoms with van der Waals surface area (Å²) in [4.78, 5) is 3.93. The molecule has 0 fully saturated rings. The Morgan fingerprint density at radius 3 is 2.57 bits per heavy atom. The van der Waals surface area contributed by atoms with Gasteiger partial charge in [-0.2, -0.15) is 5.10 Å². The van der Waals surface area contributed by atoms with Crippen molar-refractivity contribution in [2.24, 2.45) is 5.41 Å². The lowest BCUT2D eigenvalue weighted by atomic mass is 9.86. The largest absolute Gasteiger partial charge is 0.386 e. The first-order valence-electron chi connectivity index (χ1n) is 6.49. The van der Waals surface area contributed by atoms with Crippen LogP contribution < -0.4 is 0 Å². The van der Waals surface area contributed by atoms with Gasteiger partial charge in [-0.05, 0) is 29.2 Å². The number of aliphatic hydroxyl groups excluding tert-OH is 1. The van der Waals surface area contributed by atoms with Gasteiger partial charge in [-0.15, -0.1) is 0 Å². The molecule has 1 heterocycles. The quantitative estimate of drug-likeness (QED) is 0.928. The van der Waals surface area contributed by atoms with Crippen LogP contribution in [0.4, 0.5) is 0 Å². The molecule has 0 aliphatic heterocycles. The number of aliphatic hydroxyl groups is 1.